The molecule has 0 bridgehead atoms. The van der Waals surface area contributed by atoms with Gasteiger partial charge in [0, 0.05) is 6.07 Å². The highest BCUT2D eigenvalue weighted by molar-refractivity contribution is 5.94. The van der Waals surface area contributed by atoms with Crippen LogP contribution in [0.3, 0.4) is 0 Å². The molecule has 1 aromatic carbocycles. The Hall–Kier alpha value is -2.83. The first kappa shape index (κ1) is 14.1. The number of fused-ring (bicyclic) bond motifs is 1. The lowest BCUT2D eigenvalue weighted by Crippen LogP contribution is -2.15. The van der Waals surface area contributed by atoms with Crippen LogP contribution in [0.2, 0.25) is 0 Å². The third-order valence-corrected chi connectivity index (χ3v) is 3.16. The summed E-state index contributed by atoms with van der Waals surface area (Å²) in [5, 5.41) is 9.12. The van der Waals surface area contributed by atoms with E-state index >= 15 is 0 Å². The first-order chi connectivity index (χ1) is 10.6. The van der Waals surface area contributed by atoms with Crippen LogP contribution in [0.4, 0.5) is 11.5 Å². The Balaban J connectivity index is 1.70. The van der Waals surface area contributed by atoms with Gasteiger partial charge >= 0.3 is 0 Å². The monoisotopic (exact) mass is 301 g/mol. The molecule has 7 heteroatoms. The molecule has 1 aliphatic rings. The van der Waals surface area contributed by atoms with Crippen LogP contribution in [0.1, 0.15) is 17.7 Å². The molecule has 0 saturated carbocycles. The lowest BCUT2D eigenvalue weighted by molar-refractivity contribution is -0.116. The number of ether oxygens (including phenoxy) is 1. The summed E-state index contributed by atoms with van der Waals surface area (Å²) in [7, 11) is 0. The van der Waals surface area contributed by atoms with Crippen molar-refractivity contribution in [2.75, 3.05) is 17.2 Å². The SMILES string of the molecule is Cc1cc(NC(=O)Cc2ccc3c(c2)NC(=O)CCO3)no1. The van der Waals surface area contributed by atoms with Crippen LogP contribution in [0, 0.1) is 6.92 Å². The van der Waals surface area contributed by atoms with Gasteiger partial charge in [0.05, 0.1) is 25.1 Å². The first-order valence-electron chi connectivity index (χ1n) is 6.89. The second-order valence-corrected chi connectivity index (χ2v) is 5.02. The number of nitrogens with one attached hydrogen (secondary N) is 2. The molecule has 0 aliphatic carbocycles. The number of aryl methyl sites for hydroxylation is 1. The fourth-order valence-electron chi connectivity index (χ4n) is 2.17. The second-order valence-electron chi connectivity index (χ2n) is 5.02. The van der Waals surface area contributed by atoms with Crippen molar-refractivity contribution in [3.05, 3.63) is 35.6 Å². The molecule has 2 N–H and O–H groups in total. The molecule has 1 aliphatic heterocycles. The number of rotatable bonds is 3. The molecule has 2 aromatic rings. The maximum absolute atomic E-state index is 12.0. The quantitative estimate of drug-likeness (QED) is 0.903. The molecule has 3 rings (SSSR count). The Bertz CT molecular complexity index is 723. The van der Waals surface area contributed by atoms with Crippen LogP contribution >= 0.6 is 0 Å². The van der Waals surface area contributed by atoms with Crippen molar-refractivity contribution in [3.63, 3.8) is 0 Å². The van der Waals surface area contributed by atoms with Crippen molar-refractivity contribution >= 4 is 23.3 Å². The minimum absolute atomic E-state index is 0.0987. The number of hydrogen-bond acceptors (Lipinski definition) is 5. The topological polar surface area (TPSA) is 93.5 Å². The molecule has 114 valence electrons. The summed E-state index contributed by atoms with van der Waals surface area (Å²) in [5.74, 6) is 1.31. The van der Waals surface area contributed by atoms with Gasteiger partial charge in [-0.15, -0.1) is 0 Å². The van der Waals surface area contributed by atoms with E-state index in [1.165, 1.54) is 0 Å². The van der Waals surface area contributed by atoms with E-state index in [0.29, 0.717) is 36.0 Å². The first-order valence-corrected chi connectivity index (χ1v) is 6.89. The lowest BCUT2D eigenvalue weighted by Gasteiger charge is -2.09. The minimum atomic E-state index is -0.214. The van der Waals surface area contributed by atoms with Gasteiger partial charge in [-0.05, 0) is 24.6 Å². The average Bonchev–Trinajstić information content (AvgIpc) is 2.76. The summed E-state index contributed by atoms with van der Waals surface area (Å²) in [6.07, 6.45) is 0.477. The molecule has 2 heterocycles. The highest BCUT2D eigenvalue weighted by Gasteiger charge is 2.15. The van der Waals surface area contributed by atoms with Gasteiger partial charge in [0.2, 0.25) is 11.8 Å². The highest BCUT2D eigenvalue weighted by Crippen LogP contribution is 2.28. The third kappa shape index (κ3) is 3.25. The van der Waals surface area contributed by atoms with Crippen molar-refractivity contribution in [2.24, 2.45) is 0 Å². The van der Waals surface area contributed by atoms with Crippen LogP contribution < -0.4 is 15.4 Å². The van der Waals surface area contributed by atoms with Gasteiger partial charge in [0.15, 0.2) is 5.82 Å². The normalized spacial score (nSPS) is 13.6. The van der Waals surface area contributed by atoms with Crippen LogP contribution in [0.25, 0.3) is 0 Å². The molecule has 0 atom stereocenters. The van der Waals surface area contributed by atoms with Crippen LogP contribution in [-0.2, 0) is 16.0 Å². The maximum Gasteiger partial charge on any atom is 0.230 e. The number of hydrogen-bond donors (Lipinski definition) is 2. The van der Waals surface area contributed by atoms with Gasteiger partial charge < -0.3 is 19.9 Å². The molecule has 0 radical (unpaired) electrons. The maximum atomic E-state index is 12.0. The molecule has 0 unspecified atom stereocenters. The van der Waals surface area contributed by atoms with Gasteiger partial charge in [0.1, 0.15) is 11.5 Å². The van der Waals surface area contributed by atoms with Crippen LogP contribution in [-0.4, -0.2) is 23.6 Å². The predicted molar refractivity (Wildman–Crippen MR) is 78.8 cm³/mol. The minimum Gasteiger partial charge on any atom is -0.491 e. The van der Waals surface area contributed by atoms with E-state index in [0.717, 1.165) is 5.56 Å². The van der Waals surface area contributed by atoms with Crippen molar-refractivity contribution in [3.8, 4) is 5.75 Å². The Morgan fingerprint density at radius 1 is 1.41 bits per heavy atom. The van der Waals surface area contributed by atoms with Crippen molar-refractivity contribution < 1.29 is 18.8 Å². The zero-order valence-corrected chi connectivity index (χ0v) is 12.0. The third-order valence-electron chi connectivity index (χ3n) is 3.16. The van der Waals surface area contributed by atoms with Gasteiger partial charge in [0.25, 0.3) is 0 Å². The van der Waals surface area contributed by atoms with Crippen molar-refractivity contribution in [1.82, 2.24) is 5.16 Å². The molecule has 22 heavy (non-hydrogen) atoms. The molecule has 0 spiro atoms. The van der Waals surface area contributed by atoms with Crippen molar-refractivity contribution in [2.45, 2.75) is 19.8 Å². The molecule has 7 nitrogen and oxygen atoms in total. The Morgan fingerprint density at radius 3 is 3.05 bits per heavy atom. The van der Waals surface area contributed by atoms with Gasteiger partial charge in [-0.25, -0.2) is 0 Å². The van der Waals surface area contributed by atoms with Gasteiger partial charge in [-0.3, -0.25) is 9.59 Å². The lowest BCUT2D eigenvalue weighted by atomic mass is 10.1. The van der Waals surface area contributed by atoms with Crippen molar-refractivity contribution in [1.29, 1.82) is 0 Å². The molecular formula is C15H15N3O4. The smallest absolute Gasteiger partial charge is 0.230 e. The van der Waals surface area contributed by atoms with E-state index in [1.807, 2.05) is 0 Å². The Kier molecular flexibility index (Phi) is 3.78. The summed E-state index contributed by atoms with van der Waals surface area (Å²) in [6, 6.07) is 6.93. The number of benzene rings is 1. The van der Waals surface area contributed by atoms with Crippen LogP contribution in [0.15, 0.2) is 28.8 Å². The number of anilines is 2. The summed E-state index contributed by atoms with van der Waals surface area (Å²) in [4.78, 5) is 23.5. The molecular weight excluding hydrogens is 286 g/mol. The summed E-state index contributed by atoms with van der Waals surface area (Å²) >= 11 is 0. The zero-order chi connectivity index (χ0) is 15.5. The molecule has 0 fully saturated rings. The fourth-order valence-corrected chi connectivity index (χ4v) is 2.17. The number of carbonyl (C=O) groups is 2. The molecule has 2 amide bonds. The number of nitrogens with zero attached hydrogens (tertiary/aromatic N) is 1. The van der Waals surface area contributed by atoms with E-state index in [1.54, 1.807) is 31.2 Å². The summed E-state index contributed by atoms with van der Waals surface area (Å²) in [6.45, 7) is 2.10. The van der Waals surface area contributed by atoms with Gasteiger partial charge in [-0.1, -0.05) is 11.2 Å². The van der Waals surface area contributed by atoms with E-state index in [-0.39, 0.29) is 18.2 Å². The number of carbonyl (C=O) groups excluding carboxylic acids is 2. The Morgan fingerprint density at radius 2 is 2.27 bits per heavy atom. The average molecular weight is 301 g/mol. The van der Waals surface area contributed by atoms with E-state index < -0.39 is 0 Å². The van der Waals surface area contributed by atoms with E-state index in [2.05, 4.69) is 15.8 Å². The van der Waals surface area contributed by atoms with Crippen LogP contribution in [0.5, 0.6) is 5.75 Å². The second kappa shape index (κ2) is 5.88. The summed E-state index contributed by atoms with van der Waals surface area (Å²) < 4.78 is 10.4. The van der Waals surface area contributed by atoms with Gasteiger partial charge in [-0.2, -0.15) is 0 Å². The summed E-state index contributed by atoms with van der Waals surface area (Å²) in [5.41, 5.74) is 1.35. The van der Waals surface area contributed by atoms with E-state index in [9.17, 15) is 9.59 Å². The Labute approximate surface area is 126 Å². The number of amides is 2. The highest BCUT2D eigenvalue weighted by atomic mass is 16.5. The fraction of sp³-hybridized carbons (Fsp3) is 0.267. The largest absolute Gasteiger partial charge is 0.491 e. The number of aromatic nitrogens is 1. The van der Waals surface area contributed by atoms with E-state index in [4.69, 9.17) is 9.26 Å². The zero-order valence-electron chi connectivity index (χ0n) is 12.0. The molecule has 1 aromatic heterocycles. The standard InChI is InChI=1S/C15H15N3O4/c1-9-6-13(18-22-9)17-15(20)8-10-2-3-12-11(7-10)16-14(19)4-5-21-12/h2-3,6-7H,4-5,8H2,1H3,(H,16,19)(H,17,18,20). The predicted octanol–water partition coefficient (Wildman–Crippen LogP) is 1.89. The molecule has 0 saturated heterocycles.